The van der Waals surface area contributed by atoms with E-state index in [-0.39, 0.29) is 29.8 Å². The zero-order chi connectivity index (χ0) is 22.2. The van der Waals surface area contributed by atoms with Crippen molar-refractivity contribution in [2.75, 3.05) is 26.2 Å². The number of piperidine rings is 2. The van der Waals surface area contributed by atoms with Gasteiger partial charge < -0.3 is 15.1 Å². The fraction of sp³-hybridized carbons (Fsp3) is 0.565. The number of hydrogen-bond donors (Lipinski definition) is 1. The Hall–Kier alpha value is -2.90. The maximum Gasteiger partial charge on any atom is 0.325 e. The first-order chi connectivity index (χ1) is 14.8. The minimum Gasteiger partial charge on any atom is -0.343 e. The summed E-state index contributed by atoms with van der Waals surface area (Å²) in [5.41, 5.74) is 1.24. The van der Waals surface area contributed by atoms with Crippen LogP contribution in [-0.2, 0) is 20.8 Å². The minimum atomic E-state index is -0.888. The van der Waals surface area contributed by atoms with Crippen LogP contribution in [0, 0.1) is 6.92 Å². The summed E-state index contributed by atoms with van der Waals surface area (Å²) in [6.07, 6.45) is 2.44. The van der Waals surface area contributed by atoms with Gasteiger partial charge in [-0.05, 0) is 38.2 Å². The molecule has 3 fully saturated rings. The second-order valence-corrected chi connectivity index (χ2v) is 8.97. The van der Waals surface area contributed by atoms with Crippen LogP contribution in [0.1, 0.15) is 43.7 Å². The number of nitrogens with one attached hydrogen (secondary N) is 1. The Morgan fingerprint density at radius 3 is 2.35 bits per heavy atom. The molecule has 3 aliphatic heterocycles. The van der Waals surface area contributed by atoms with Crippen molar-refractivity contribution in [2.45, 2.75) is 57.5 Å². The molecule has 3 aliphatic rings. The standard InChI is InChI=1S/C23H30N4O4/c1-16-4-3-5-18(14-16)15-20(29)26-10-6-19(7-11-26)27-21(30)23(24-22(27)31)8-12-25(13-9-23)17(2)28/h3-5,14,19H,6-13,15H2,1-2H3,(H,24,31). The number of carbonyl (C=O) groups is 4. The van der Waals surface area contributed by atoms with E-state index in [4.69, 9.17) is 0 Å². The van der Waals surface area contributed by atoms with Crippen molar-refractivity contribution in [3.8, 4) is 0 Å². The molecule has 166 valence electrons. The summed E-state index contributed by atoms with van der Waals surface area (Å²) in [6, 6.07) is 7.41. The highest BCUT2D eigenvalue weighted by Gasteiger charge is 2.54. The minimum absolute atomic E-state index is 0.00817. The van der Waals surface area contributed by atoms with Crippen molar-refractivity contribution in [2.24, 2.45) is 0 Å². The van der Waals surface area contributed by atoms with E-state index in [2.05, 4.69) is 5.32 Å². The molecular formula is C23H30N4O4. The quantitative estimate of drug-likeness (QED) is 0.741. The lowest BCUT2D eigenvalue weighted by Gasteiger charge is -2.38. The Morgan fingerprint density at radius 1 is 1.06 bits per heavy atom. The molecule has 3 saturated heterocycles. The maximum absolute atomic E-state index is 13.2. The number of benzene rings is 1. The summed E-state index contributed by atoms with van der Waals surface area (Å²) in [7, 11) is 0. The van der Waals surface area contributed by atoms with Gasteiger partial charge in [0.25, 0.3) is 5.91 Å². The fourth-order valence-corrected chi connectivity index (χ4v) is 5.00. The average Bonchev–Trinajstić information content (AvgIpc) is 2.97. The van der Waals surface area contributed by atoms with Gasteiger partial charge in [-0.1, -0.05) is 29.8 Å². The van der Waals surface area contributed by atoms with Crippen molar-refractivity contribution in [1.29, 1.82) is 0 Å². The zero-order valence-electron chi connectivity index (χ0n) is 18.2. The van der Waals surface area contributed by atoms with E-state index in [9.17, 15) is 19.2 Å². The number of rotatable bonds is 3. The molecule has 8 nitrogen and oxygen atoms in total. The van der Waals surface area contributed by atoms with Gasteiger partial charge in [-0.15, -0.1) is 0 Å². The molecule has 0 saturated carbocycles. The van der Waals surface area contributed by atoms with Gasteiger partial charge in [0.05, 0.1) is 6.42 Å². The SMILES string of the molecule is CC(=O)N1CCC2(CC1)NC(=O)N(C1CCN(C(=O)Cc3cccc(C)c3)CC1)C2=O. The normalized spacial score (nSPS) is 21.5. The number of hydrogen-bond acceptors (Lipinski definition) is 4. The lowest BCUT2D eigenvalue weighted by atomic mass is 9.87. The molecule has 3 heterocycles. The molecule has 0 aliphatic carbocycles. The molecule has 1 aromatic carbocycles. The molecule has 1 N–H and O–H groups in total. The monoisotopic (exact) mass is 426 g/mol. The van der Waals surface area contributed by atoms with E-state index in [1.165, 1.54) is 11.8 Å². The summed E-state index contributed by atoms with van der Waals surface area (Å²) in [5.74, 6) is -0.106. The van der Waals surface area contributed by atoms with E-state index in [0.29, 0.717) is 58.3 Å². The number of aryl methyl sites for hydroxylation is 1. The molecular weight excluding hydrogens is 396 g/mol. The van der Waals surface area contributed by atoms with Crippen LogP contribution in [0.25, 0.3) is 0 Å². The van der Waals surface area contributed by atoms with Crippen LogP contribution in [0.5, 0.6) is 0 Å². The molecule has 0 bridgehead atoms. The molecule has 1 spiro atoms. The summed E-state index contributed by atoms with van der Waals surface area (Å²) < 4.78 is 0. The van der Waals surface area contributed by atoms with Crippen LogP contribution < -0.4 is 5.32 Å². The van der Waals surface area contributed by atoms with Gasteiger partial charge in [0.15, 0.2) is 0 Å². The molecule has 1 aromatic rings. The molecule has 8 heteroatoms. The van der Waals surface area contributed by atoms with Crippen molar-refractivity contribution in [3.05, 3.63) is 35.4 Å². The summed E-state index contributed by atoms with van der Waals surface area (Å²) >= 11 is 0. The highest BCUT2D eigenvalue weighted by Crippen LogP contribution is 2.32. The molecule has 5 amide bonds. The van der Waals surface area contributed by atoms with Gasteiger partial charge in [-0.2, -0.15) is 0 Å². The highest BCUT2D eigenvalue weighted by atomic mass is 16.2. The molecule has 31 heavy (non-hydrogen) atoms. The number of likely N-dealkylation sites (tertiary alicyclic amines) is 2. The van der Waals surface area contributed by atoms with Crippen molar-refractivity contribution in [3.63, 3.8) is 0 Å². The van der Waals surface area contributed by atoms with Crippen LogP contribution in [0.2, 0.25) is 0 Å². The lowest BCUT2D eigenvalue weighted by molar-refractivity contribution is -0.139. The molecule has 0 unspecified atom stereocenters. The van der Waals surface area contributed by atoms with Crippen molar-refractivity contribution >= 4 is 23.8 Å². The van der Waals surface area contributed by atoms with E-state index >= 15 is 0 Å². The predicted octanol–water partition coefficient (Wildman–Crippen LogP) is 1.46. The Balaban J connectivity index is 1.34. The number of urea groups is 1. The van der Waals surface area contributed by atoms with Crippen molar-refractivity contribution < 1.29 is 19.2 Å². The molecule has 0 atom stereocenters. The van der Waals surface area contributed by atoms with Gasteiger partial charge in [0.2, 0.25) is 11.8 Å². The Bertz CT molecular complexity index is 899. The predicted molar refractivity (Wildman–Crippen MR) is 114 cm³/mol. The summed E-state index contributed by atoms with van der Waals surface area (Å²) in [4.78, 5) is 55.1. The third kappa shape index (κ3) is 4.16. The summed E-state index contributed by atoms with van der Waals surface area (Å²) in [6.45, 7) is 5.55. The van der Waals surface area contributed by atoms with Crippen LogP contribution in [-0.4, -0.2) is 76.2 Å². The van der Waals surface area contributed by atoms with Crippen LogP contribution >= 0.6 is 0 Å². The first-order valence-electron chi connectivity index (χ1n) is 11.0. The zero-order valence-corrected chi connectivity index (χ0v) is 18.2. The molecule has 4 rings (SSSR count). The fourth-order valence-electron chi connectivity index (χ4n) is 5.00. The third-order valence-electron chi connectivity index (χ3n) is 6.88. The van der Waals surface area contributed by atoms with Gasteiger partial charge in [-0.3, -0.25) is 19.3 Å². The number of nitrogens with zero attached hydrogens (tertiary/aromatic N) is 3. The highest BCUT2D eigenvalue weighted by molar-refractivity contribution is 6.07. The van der Waals surface area contributed by atoms with E-state index in [1.807, 2.05) is 36.1 Å². The van der Waals surface area contributed by atoms with Crippen LogP contribution in [0.15, 0.2) is 24.3 Å². The van der Waals surface area contributed by atoms with E-state index in [0.717, 1.165) is 11.1 Å². The second-order valence-electron chi connectivity index (χ2n) is 8.97. The summed E-state index contributed by atoms with van der Waals surface area (Å²) in [5, 5.41) is 2.92. The Labute approximate surface area is 182 Å². The number of imide groups is 1. The van der Waals surface area contributed by atoms with Crippen LogP contribution in [0.3, 0.4) is 0 Å². The first-order valence-corrected chi connectivity index (χ1v) is 11.0. The van der Waals surface area contributed by atoms with Crippen molar-refractivity contribution in [1.82, 2.24) is 20.0 Å². The molecule has 0 radical (unpaired) electrons. The second kappa shape index (κ2) is 8.32. The van der Waals surface area contributed by atoms with Gasteiger partial charge in [0, 0.05) is 39.1 Å². The van der Waals surface area contributed by atoms with E-state index < -0.39 is 5.54 Å². The topological polar surface area (TPSA) is 90.0 Å². The largest absolute Gasteiger partial charge is 0.343 e. The Morgan fingerprint density at radius 2 is 1.74 bits per heavy atom. The smallest absolute Gasteiger partial charge is 0.325 e. The number of carbonyl (C=O) groups excluding carboxylic acids is 4. The van der Waals surface area contributed by atoms with E-state index in [1.54, 1.807) is 4.90 Å². The molecule has 0 aromatic heterocycles. The Kier molecular flexibility index (Phi) is 5.73. The number of amides is 5. The van der Waals surface area contributed by atoms with Gasteiger partial charge in [0.1, 0.15) is 5.54 Å². The third-order valence-corrected chi connectivity index (χ3v) is 6.88. The first kappa shape index (κ1) is 21.3. The maximum atomic E-state index is 13.2. The van der Waals surface area contributed by atoms with Gasteiger partial charge >= 0.3 is 6.03 Å². The van der Waals surface area contributed by atoms with Crippen LogP contribution in [0.4, 0.5) is 4.79 Å². The lowest BCUT2D eigenvalue weighted by Crippen LogP contribution is -2.56. The van der Waals surface area contributed by atoms with Gasteiger partial charge in [-0.25, -0.2) is 4.79 Å². The average molecular weight is 427 g/mol.